The molecule has 66 valence electrons. The van der Waals surface area contributed by atoms with Gasteiger partial charge in [0.15, 0.2) is 0 Å². The minimum Gasteiger partial charge on any atom is -0.198 e. The molecule has 1 rings (SSSR count). The normalized spacial score (nSPS) is 12.6. The highest BCUT2D eigenvalue weighted by Gasteiger charge is 2.06. The topological polar surface area (TPSA) is 23.8 Å². The van der Waals surface area contributed by atoms with E-state index in [-0.39, 0.29) is 5.92 Å². The largest absolute Gasteiger partial charge is 0.198 e. The van der Waals surface area contributed by atoms with Crippen LogP contribution in [0.3, 0.4) is 0 Å². The molecule has 1 aromatic rings. The molecule has 0 bridgehead atoms. The van der Waals surface area contributed by atoms with E-state index in [9.17, 15) is 0 Å². The Kier molecular flexibility index (Phi) is 3.78. The molecule has 1 atom stereocenters. The number of hydrogen-bond acceptors (Lipinski definition) is 1. The Balaban J connectivity index is 2.74. The van der Waals surface area contributed by atoms with Crippen LogP contribution >= 0.6 is 0 Å². The molecule has 0 saturated heterocycles. The molecule has 1 heteroatoms. The Bertz CT molecular complexity index is 306. The Morgan fingerprint density at radius 1 is 1.38 bits per heavy atom. The van der Waals surface area contributed by atoms with Crippen molar-refractivity contribution in [3.8, 4) is 6.07 Å². The average Bonchev–Trinajstić information content (AvgIpc) is 2.21. The predicted octanol–water partition coefficient (Wildman–Crippen LogP) is 3.26. The summed E-state index contributed by atoms with van der Waals surface area (Å²) in [5.41, 5.74) is 1.10. The minimum atomic E-state index is -0.00241. The van der Waals surface area contributed by atoms with Crippen molar-refractivity contribution >= 4 is 0 Å². The molecule has 13 heavy (non-hydrogen) atoms. The maximum Gasteiger partial charge on any atom is 0.0747 e. The lowest BCUT2D eigenvalue weighted by Crippen LogP contribution is -1.92. The molecule has 0 saturated carbocycles. The van der Waals surface area contributed by atoms with E-state index in [0.717, 1.165) is 12.0 Å². The standard InChI is InChI=1S/C12H13N/c1-2-3-7-12(10-13)11-8-5-4-6-9-11/h2-6,8-9,12H,7H2,1H3/b3-2+. The summed E-state index contributed by atoms with van der Waals surface area (Å²) in [5.74, 6) is -0.00241. The first kappa shape index (κ1) is 9.54. The van der Waals surface area contributed by atoms with Crippen LogP contribution in [0.1, 0.15) is 24.8 Å². The number of allylic oxidation sites excluding steroid dienone is 2. The maximum absolute atomic E-state index is 8.92. The van der Waals surface area contributed by atoms with Crippen molar-refractivity contribution in [2.24, 2.45) is 0 Å². The molecule has 1 aromatic carbocycles. The van der Waals surface area contributed by atoms with Crippen molar-refractivity contribution in [3.63, 3.8) is 0 Å². The third-order valence-electron chi connectivity index (χ3n) is 1.97. The number of benzene rings is 1. The molecule has 0 spiro atoms. The average molecular weight is 171 g/mol. The van der Waals surface area contributed by atoms with Crippen LogP contribution in [0.5, 0.6) is 0 Å². The lowest BCUT2D eigenvalue weighted by molar-refractivity contribution is 0.876. The lowest BCUT2D eigenvalue weighted by atomic mass is 9.97. The van der Waals surface area contributed by atoms with Crippen LogP contribution < -0.4 is 0 Å². The smallest absolute Gasteiger partial charge is 0.0747 e. The summed E-state index contributed by atoms with van der Waals surface area (Å²) in [6.07, 6.45) is 4.81. The highest BCUT2D eigenvalue weighted by molar-refractivity contribution is 5.25. The zero-order chi connectivity index (χ0) is 9.52. The van der Waals surface area contributed by atoms with E-state index in [2.05, 4.69) is 6.07 Å². The van der Waals surface area contributed by atoms with Gasteiger partial charge in [0.2, 0.25) is 0 Å². The molecule has 1 nitrogen and oxygen atoms in total. The van der Waals surface area contributed by atoms with Crippen LogP contribution in [0.25, 0.3) is 0 Å². The van der Waals surface area contributed by atoms with Crippen LogP contribution in [-0.4, -0.2) is 0 Å². The van der Waals surface area contributed by atoms with E-state index in [1.165, 1.54) is 0 Å². The molecule has 0 fully saturated rings. The van der Waals surface area contributed by atoms with Crippen LogP contribution in [0.4, 0.5) is 0 Å². The molecule has 0 N–H and O–H groups in total. The first-order valence-corrected chi connectivity index (χ1v) is 4.44. The summed E-state index contributed by atoms with van der Waals surface area (Å²) in [5, 5.41) is 8.92. The summed E-state index contributed by atoms with van der Waals surface area (Å²) in [6, 6.07) is 12.2. The van der Waals surface area contributed by atoms with Gasteiger partial charge in [-0.3, -0.25) is 0 Å². The van der Waals surface area contributed by atoms with Gasteiger partial charge >= 0.3 is 0 Å². The second-order valence-electron chi connectivity index (χ2n) is 2.90. The van der Waals surface area contributed by atoms with Crippen molar-refractivity contribution in [1.82, 2.24) is 0 Å². The zero-order valence-electron chi connectivity index (χ0n) is 7.77. The van der Waals surface area contributed by atoms with Crippen molar-refractivity contribution in [2.75, 3.05) is 0 Å². The molecule has 0 aromatic heterocycles. The van der Waals surface area contributed by atoms with E-state index in [1.807, 2.05) is 49.4 Å². The SMILES string of the molecule is C/C=C/CC(C#N)c1ccccc1. The number of nitriles is 1. The van der Waals surface area contributed by atoms with Crippen molar-refractivity contribution in [2.45, 2.75) is 19.3 Å². The first-order valence-electron chi connectivity index (χ1n) is 4.44. The second-order valence-corrected chi connectivity index (χ2v) is 2.90. The molecular weight excluding hydrogens is 158 g/mol. The quantitative estimate of drug-likeness (QED) is 0.640. The maximum atomic E-state index is 8.92. The Labute approximate surface area is 79.3 Å². The first-order chi connectivity index (χ1) is 6.38. The summed E-state index contributed by atoms with van der Waals surface area (Å²) in [7, 11) is 0. The van der Waals surface area contributed by atoms with Gasteiger partial charge in [-0.25, -0.2) is 0 Å². The van der Waals surface area contributed by atoms with E-state index in [4.69, 9.17) is 5.26 Å². The molecule has 0 aliphatic carbocycles. The monoisotopic (exact) mass is 171 g/mol. The highest BCUT2D eigenvalue weighted by Crippen LogP contribution is 2.18. The summed E-state index contributed by atoms with van der Waals surface area (Å²) in [4.78, 5) is 0. The number of nitrogens with zero attached hydrogens (tertiary/aromatic N) is 1. The van der Waals surface area contributed by atoms with Crippen molar-refractivity contribution < 1.29 is 0 Å². The molecule has 1 unspecified atom stereocenters. The van der Waals surface area contributed by atoms with Crippen LogP contribution in [0.15, 0.2) is 42.5 Å². The van der Waals surface area contributed by atoms with Gasteiger partial charge < -0.3 is 0 Å². The van der Waals surface area contributed by atoms with Gasteiger partial charge in [0.05, 0.1) is 12.0 Å². The van der Waals surface area contributed by atoms with Crippen molar-refractivity contribution in [3.05, 3.63) is 48.0 Å². The Hall–Kier alpha value is -1.55. The Morgan fingerprint density at radius 2 is 2.08 bits per heavy atom. The molecular formula is C12H13N. The summed E-state index contributed by atoms with van der Waals surface area (Å²) in [6.45, 7) is 1.97. The third-order valence-corrected chi connectivity index (χ3v) is 1.97. The van der Waals surface area contributed by atoms with E-state index in [0.29, 0.717) is 0 Å². The Morgan fingerprint density at radius 3 is 2.62 bits per heavy atom. The van der Waals surface area contributed by atoms with E-state index < -0.39 is 0 Å². The van der Waals surface area contributed by atoms with Crippen molar-refractivity contribution in [1.29, 1.82) is 5.26 Å². The molecule has 0 amide bonds. The van der Waals surface area contributed by atoms with E-state index >= 15 is 0 Å². The van der Waals surface area contributed by atoms with Crippen LogP contribution in [0.2, 0.25) is 0 Å². The number of rotatable bonds is 3. The van der Waals surface area contributed by atoms with Gasteiger partial charge in [0, 0.05) is 0 Å². The minimum absolute atomic E-state index is 0.00241. The van der Waals surface area contributed by atoms with E-state index in [1.54, 1.807) is 0 Å². The fourth-order valence-corrected chi connectivity index (χ4v) is 1.22. The predicted molar refractivity (Wildman–Crippen MR) is 54.2 cm³/mol. The highest BCUT2D eigenvalue weighted by atomic mass is 14.3. The fraction of sp³-hybridized carbons (Fsp3) is 0.250. The summed E-state index contributed by atoms with van der Waals surface area (Å²) >= 11 is 0. The lowest BCUT2D eigenvalue weighted by Gasteiger charge is -2.05. The molecule has 0 radical (unpaired) electrons. The number of hydrogen-bond donors (Lipinski definition) is 0. The molecule has 0 aliphatic heterocycles. The van der Waals surface area contributed by atoms with Gasteiger partial charge in [0.25, 0.3) is 0 Å². The van der Waals surface area contributed by atoms with Gasteiger partial charge in [0.1, 0.15) is 0 Å². The summed E-state index contributed by atoms with van der Waals surface area (Å²) < 4.78 is 0. The van der Waals surface area contributed by atoms with Crippen LogP contribution in [0, 0.1) is 11.3 Å². The van der Waals surface area contributed by atoms with Gasteiger partial charge in [-0.05, 0) is 18.9 Å². The zero-order valence-corrected chi connectivity index (χ0v) is 7.77. The van der Waals surface area contributed by atoms with Gasteiger partial charge in [-0.1, -0.05) is 42.5 Å². The van der Waals surface area contributed by atoms with Crippen LogP contribution in [-0.2, 0) is 0 Å². The second kappa shape index (κ2) is 5.16. The van der Waals surface area contributed by atoms with Gasteiger partial charge in [-0.15, -0.1) is 0 Å². The molecule has 0 heterocycles. The van der Waals surface area contributed by atoms with Gasteiger partial charge in [-0.2, -0.15) is 5.26 Å². The fourth-order valence-electron chi connectivity index (χ4n) is 1.22. The molecule has 0 aliphatic rings. The third kappa shape index (κ3) is 2.76.